The van der Waals surface area contributed by atoms with E-state index in [1.54, 1.807) is 11.9 Å². The second kappa shape index (κ2) is 4.79. The highest BCUT2D eigenvalue weighted by molar-refractivity contribution is 6.01. The SMILES string of the molecule is CN1CCc2c(CN)c3c(c(O)c2C1=O)OCO3.Cl. The van der Waals surface area contributed by atoms with Crippen LogP contribution in [0, 0.1) is 0 Å². The molecule has 3 rings (SSSR count). The highest BCUT2D eigenvalue weighted by Gasteiger charge is 2.35. The summed E-state index contributed by atoms with van der Waals surface area (Å²) < 4.78 is 10.6. The minimum atomic E-state index is -0.207. The van der Waals surface area contributed by atoms with Gasteiger partial charge in [-0.2, -0.15) is 0 Å². The smallest absolute Gasteiger partial charge is 0.257 e. The molecule has 6 nitrogen and oxygen atoms in total. The molecule has 2 heterocycles. The summed E-state index contributed by atoms with van der Waals surface area (Å²) in [5.41, 5.74) is 7.58. The number of hydrogen-bond donors (Lipinski definition) is 2. The van der Waals surface area contributed by atoms with E-state index in [9.17, 15) is 9.90 Å². The Morgan fingerprint density at radius 2 is 2.05 bits per heavy atom. The molecule has 1 aromatic carbocycles. The number of benzene rings is 1. The Morgan fingerprint density at radius 1 is 1.37 bits per heavy atom. The number of nitrogens with two attached hydrogens (primary N) is 1. The third-order valence-electron chi connectivity index (χ3n) is 3.47. The summed E-state index contributed by atoms with van der Waals surface area (Å²) in [5, 5.41) is 10.2. The van der Waals surface area contributed by atoms with Gasteiger partial charge in [-0.1, -0.05) is 0 Å². The molecular formula is C12H15ClN2O4. The molecule has 0 radical (unpaired) electrons. The number of aromatic hydroxyl groups is 1. The van der Waals surface area contributed by atoms with Gasteiger partial charge in [0.25, 0.3) is 5.91 Å². The summed E-state index contributed by atoms with van der Waals surface area (Å²) in [6.07, 6.45) is 0.661. The maximum atomic E-state index is 12.1. The molecule has 0 saturated heterocycles. The minimum absolute atomic E-state index is 0. The molecule has 0 spiro atoms. The van der Waals surface area contributed by atoms with Gasteiger partial charge in [-0.15, -0.1) is 12.4 Å². The molecule has 0 atom stereocenters. The molecule has 0 bridgehead atoms. The zero-order valence-corrected chi connectivity index (χ0v) is 11.2. The number of phenolic OH excluding ortho intramolecular Hbond substituents is 1. The van der Waals surface area contributed by atoms with Crippen molar-refractivity contribution in [3.05, 3.63) is 16.7 Å². The van der Waals surface area contributed by atoms with Crippen LogP contribution in [-0.2, 0) is 13.0 Å². The van der Waals surface area contributed by atoms with Crippen molar-refractivity contribution in [1.82, 2.24) is 4.90 Å². The van der Waals surface area contributed by atoms with E-state index in [2.05, 4.69) is 0 Å². The molecule has 0 fully saturated rings. The lowest BCUT2D eigenvalue weighted by Crippen LogP contribution is -2.35. The molecule has 7 heteroatoms. The van der Waals surface area contributed by atoms with E-state index < -0.39 is 0 Å². The van der Waals surface area contributed by atoms with Crippen LogP contribution in [0.1, 0.15) is 21.5 Å². The van der Waals surface area contributed by atoms with Crippen LogP contribution in [0.5, 0.6) is 17.2 Å². The Labute approximate surface area is 116 Å². The highest BCUT2D eigenvalue weighted by atomic mass is 35.5. The van der Waals surface area contributed by atoms with E-state index in [1.165, 1.54) is 0 Å². The monoisotopic (exact) mass is 286 g/mol. The summed E-state index contributed by atoms with van der Waals surface area (Å²) in [6, 6.07) is 0. The lowest BCUT2D eigenvalue weighted by molar-refractivity contribution is 0.0776. The minimum Gasteiger partial charge on any atom is -0.504 e. The second-order valence-corrected chi connectivity index (χ2v) is 4.43. The van der Waals surface area contributed by atoms with Crippen molar-refractivity contribution in [1.29, 1.82) is 0 Å². The zero-order chi connectivity index (χ0) is 12.9. The summed E-state index contributed by atoms with van der Waals surface area (Å²) in [5.74, 6) is 0.372. The van der Waals surface area contributed by atoms with Crippen molar-refractivity contribution in [2.24, 2.45) is 5.73 Å². The van der Waals surface area contributed by atoms with Gasteiger partial charge < -0.3 is 25.2 Å². The van der Waals surface area contributed by atoms with Gasteiger partial charge in [0, 0.05) is 25.7 Å². The first-order valence-corrected chi connectivity index (χ1v) is 5.77. The number of carbonyl (C=O) groups excluding carboxylic acids is 1. The van der Waals surface area contributed by atoms with Gasteiger partial charge in [0.05, 0.1) is 5.56 Å². The Hall–Kier alpha value is -1.66. The van der Waals surface area contributed by atoms with Crippen molar-refractivity contribution >= 4 is 18.3 Å². The van der Waals surface area contributed by atoms with E-state index in [-0.39, 0.29) is 43.2 Å². The van der Waals surface area contributed by atoms with Gasteiger partial charge >= 0.3 is 0 Å². The first-order chi connectivity index (χ1) is 8.65. The van der Waals surface area contributed by atoms with Crippen LogP contribution in [0.4, 0.5) is 0 Å². The van der Waals surface area contributed by atoms with Gasteiger partial charge in [0.15, 0.2) is 11.5 Å². The number of ether oxygens (including phenoxy) is 2. The number of likely N-dealkylation sites (N-methyl/N-ethyl adjacent to an activating group) is 1. The molecule has 0 unspecified atom stereocenters. The predicted octanol–water partition coefficient (Wildman–Crippen LogP) is 0.629. The standard InChI is InChI=1S/C12H14N2O4.ClH/c1-14-3-2-6-7(4-13)10-11(18-5-17-10)9(15)8(6)12(14)16;/h15H,2-5,13H2,1H3;1H. The van der Waals surface area contributed by atoms with Crippen LogP contribution >= 0.6 is 12.4 Å². The Morgan fingerprint density at radius 3 is 2.74 bits per heavy atom. The van der Waals surface area contributed by atoms with Crippen LogP contribution in [0.3, 0.4) is 0 Å². The van der Waals surface area contributed by atoms with Crippen molar-refractivity contribution in [2.75, 3.05) is 20.4 Å². The first kappa shape index (κ1) is 13.8. The molecule has 2 aliphatic rings. The molecule has 3 N–H and O–H groups in total. The number of halogens is 1. The van der Waals surface area contributed by atoms with Gasteiger partial charge in [-0.3, -0.25) is 4.79 Å². The second-order valence-electron chi connectivity index (χ2n) is 4.43. The molecule has 0 aromatic heterocycles. The topological polar surface area (TPSA) is 85.0 Å². The number of rotatable bonds is 1. The van der Waals surface area contributed by atoms with Crippen LogP contribution in [0.15, 0.2) is 0 Å². The quantitative estimate of drug-likeness (QED) is 0.791. The number of phenols is 1. The maximum Gasteiger partial charge on any atom is 0.257 e. The Balaban J connectivity index is 0.00000133. The summed E-state index contributed by atoms with van der Waals surface area (Å²) in [4.78, 5) is 13.7. The van der Waals surface area contributed by atoms with Gasteiger partial charge in [-0.25, -0.2) is 0 Å². The molecule has 1 aromatic rings. The van der Waals surface area contributed by atoms with E-state index in [4.69, 9.17) is 15.2 Å². The van der Waals surface area contributed by atoms with Crippen LogP contribution < -0.4 is 15.2 Å². The molecule has 2 aliphatic heterocycles. The Bertz CT molecular complexity index is 547. The number of amides is 1. The lowest BCUT2D eigenvalue weighted by atomic mass is 9.92. The fourth-order valence-electron chi connectivity index (χ4n) is 2.52. The summed E-state index contributed by atoms with van der Waals surface area (Å²) in [6.45, 7) is 0.909. The van der Waals surface area contributed by atoms with Crippen LogP contribution in [0.25, 0.3) is 0 Å². The summed E-state index contributed by atoms with van der Waals surface area (Å²) in [7, 11) is 1.71. The van der Waals surface area contributed by atoms with Crippen molar-refractivity contribution in [2.45, 2.75) is 13.0 Å². The van der Waals surface area contributed by atoms with Crippen molar-refractivity contribution < 1.29 is 19.4 Å². The van der Waals surface area contributed by atoms with Gasteiger partial charge in [0.2, 0.25) is 12.5 Å². The largest absolute Gasteiger partial charge is 0.504 e. The van der Waals surface area contributed by atoms with Crippen LogP contribution in [-0.4, -0.2) is 36.3 Å². The first-order valence-electron chi connectivity index (χ1n) is 5.77. The van der Waals surface area contributed by atoms with Gasteiger partial charge in [0.1, 0.15) is 0 Å². The number of fused-ring (bicyclic) bond motifs is 2. The predicted molar refractivity (Wildman–Crippen MR) is 70.0 cm³/mol. The molecule has 0 saturated carbocycles. The van der Waals surface area contributed by atoms with E-state index in [1.807, 2.05) is 0 Å². The normalized spacial score (nSPS) is 16.1. The van der Waals surface area contributed by atoms with E-state index in [0.717, 1.165) is 11.1 Å². The van der Waals surface area contributed by atoms with Crippen molar-refractivity contribution in [3.63, 3.8) is 0 Å². The zero-order valence-electron chi connectivity index (χ0n) is 10.4. The number of carbonyl (C=O) groups is 1. The fourth-order valence-corrected chi connectivity index (χ4v) is 2.52. The maximum absolute atomic E-state index is 12.1. The van der Waals surface area contributed by atoms with E-state index in [0.29, 0.717) is 24.3 Å². The molecule has 0 aliphatic carbocycles. The third kappa shape index (κ3) is 1.79. The molecule has 19 heavy (non-hydrogen) atoms. The average molecular weight is 287 g/mol. The van der Waals surface area contributed by atoms with E-state index >= 15 is 0 Å². The molecule has 104 valence electrons. The van der Waals surface area contributed by atoms with Gasteiger partial charge in [-0.05, 0) is 12.0 Å². The molecular weight excluding hydrogens is 272 g/mol. The highest BCUT2D eigenvalue weighted by Crippen LogP contribution is 2.48. The number of nitrogens with zero attached hydrogens (tertiary/aromatic N) is 1. The summed E-state index contributed by atoms with van der Waals surface area (Å²) >= 11 is 0. The lowest BCUT2D eigenvalue weighted by Gasteiger charge is -2.27. The third-order valence-corrected chi connectivity index (χ3v) is 3.47. The average Bonchev–Trinajstić information content (AvgIpc) is 2.83. The van der Waals surface area contributed by atoms with Crippen LogP contribution in [0.2, 0.25) is 0 Å². The number of hydrogen-bond acceptors (Lipinski definition) is 5. The fraction of sp³-hybridized carbons (Fsp3) is 0.417. The molecule has 1 amide bonds. The Kier molecular flexibility index (Phi) is 3.47. The van der Waals surface area contributed by atoms with Crippen molar-refractivity contribution in [3.8, 4) is 17.2 Å².